The van der Waals surface area contributed by atoms with Crippen LogP contribution in [0.2, 0.25) is 0 Å². The monoisotopic (exact) mass is 495 g/mol. The van der Waals surface area contributed by atoms with Crippen molar-refractivity contribution in [3.05, 3.63) is 84.0 Å². The molecule has 4 aromatic rings. The fourth-order valence-electron chi connectivity index (χ4n) is 4.47. The number of hydrogen-bond donors (Lipinski definition) is 1. The second-order valence-corrected chi connectivity index (χ2v) is 9.06. The number of para-hydroxylation sites is 2. The van der Waals surface area contributed by atoms with E-state index in [0.29, 0.717) is 48.0 Å². The van der Waals surface area contributed by atoms with E-state index in [0.717, 1.165) is 32.7 Å². The molecule has 0 spiro atoms. The van der Waals surface area contributed by atoms with Gasteiger partial charge in [-0.05, 0) is 30.2 Å². The Bertz CT molecular complexity index is 1340. The number of nitrogens with one attached hydrogen (secondary N) is 1. The van der Waals surface area contributed by atoms with Crippen LogP contribution in [0, 0.1) is 11.3 Å². The topological polar surface area (TPSA) is 111 Å². The third-order valence-corrected chi connectivity index (χ3v) is 6.48. The summed E-state index contributed by atoms with van der Waals surface area (Å²) in [6.45, 7) is 4.78. The number of fused-ring (bicyclic) bond motifs is 1. The van der Waals surface area contributed by atoms with Gasteiger partial charge in [0.15, 0.2) is 11.5 Å². The molecule has 2 aromatic carbocycles. The average Bonchev–Trinajstić information content (AvgIpc) is 3.36. The molecule has 2 aromatic heterocycles. The fourth-order valence-corrected chi connectivity index (χ4v) is 4.47. The Morgan fingerprint density at radius 2 is 1.81 bits per heavy atom. The summed E-state index contributed by atoms with van der Waals surface area (Å²) in [6.07, 6.45) is 2.75. The van der Waals surface area contributed by atoms with Gasteiger partial charge in [-0.3, -0.25) is 9.69 Å². The summed E-state index contributed by atoms with van der Waals surface area (Å²) in [5.74, 6) is 0.160. The average molecular weight is 496 g/mol. The van der Waals surface area contributed by atoms with Crippen LogP contribution >= 0.6 is 0 Å². The van der Waals surface area contributed by atoms with Gasteiger partial charge in [0.1, 0.15) is 5.52 Å². The molecular weight excluding hydrogens is 466 g/mol. The maximum Gasteiger partial charge on any atom is 0.222 e. The van der Waals surface area contributed by atoms with Gasteiger partial charge < -0.3 is 14.6 Å². The lowest BCUT2D eigenvalue weighted by Crippen LogP contribution is -2.48. The predicted molar refractivity (Wildman–Crippen MR) is 140 cm³/mol. The number of benzene rings is 2. The number of piperazine rings is 1. The third kappa shape index (κ3) is 6.11. The summed E-state index contributed by atoms with van der Waals surface area (Å²) >= 11 is 0. The van der Waals surface area contributed by atoms with Crippen LogP contribution in [-0.4, -0.2) is 63.4 Å². The first-order chi connectivity index (χ1) is 18.2. The second kappa shape index (κ2) is 11.6. The first kappa shape index (κ1) is 24.4. The standard InChI is InChI=1S/C28H29N7O2/c29-19-22(27-32-24-9-4-5-10-25(24)37-27)23-12-14-31-28(33-23)30-13-6-11-26(36)35-17-15-34(16-18-35)20-21-7-2-1-3-8-21/h1-5,7-10,12,14,22H,6,11,13,15-18,20H2,(H,30,31,33). The highest BCUT2D eigenvalue weighted by Gasteiger charge is 2.23. The lowest BCUT2D eigenvalue weighted by Gasteiger charge is -2.34. The predicted octanol–water partition coefficient (Wildman–Crippen LogP) is 3.81. The van der Waals surface area contributed by atoms with Crippen molar-refractivity contribution in [1.29, 1.82) is 5.26 Å². The van der Waals surface area contributed by atoms with E-state index in [1.165, 1.54) is 5.56 Å². The highest BCUT2D eigenvalue weighted by molar-refractivity contribution is 5.76. The molecule has 3 heterocycles. The molecule has 9 heteroatoms. The van der Waals surface area contributed by atoms with Gasteiger partial charge in [-0.25, -0.2) is 15.0 Å². The zero-order valence-corrected chi connectivity index (χ0v) is 20.6. The van der Waals surface area contributed by atoms with Crippen molar-refractivity contribution in [1.82, 2.24) is 24.8 Å². The van der Waals surface area contributed by atoms with E-state index in [2.05, 4.69) is 55.5 Å². The van der Waals surface area contributed by atoms with Gasteiger partial charge in [-0.2, -0.15) is 5.26 Å². The number of rotatable bonds is 9. The lowest BCUT2D eigenvalue weighted by molar-refractivity contribution is -0.133. The van der Waals surface area contributed by atoms with Gasteiger partial charge in [0.25, 0.3) is 0 Å². The quantitative estimate of drug-likeness (QED) is 0.349. The number of hydrogen-bond acceptors (Lipinski definition) is 8. The molecule has 5 rings (SSSR count). The zero-order valence-electron chi connectivity index (χ0n) is 20.6. The van der Waals surface area contributed by atoms with E-state index in [4.69, 9.17) is 4.42 Å². The number of nitriles is 1. The minimum atomic E-state index is -0.738. The summed E-state index contributed by atoms with van der Waals surface area (Å²) < 4.78 is 5.77. The summed E-state index contributed by atoms with van der Waals surface area (Å²) in [5.41, 5.74) is 3.14. The van der Waals surface area contributed by atoms with E-state index in [-0.39, 0.29) is 5.91 Å². The number of aromatic nitrogens is 3. The Morgan fingerprint density at radius 3 is 2.59 bits per heavy atom. The lowest BCUT2D eigenvalue weighted by atomic mass is 10.1. The van der Waals surface area contributed by atoms with Crippen molar-refractivity contribution in [3.8, 4) is 6.07 Å². The van der Waals surface area contributed by atoms with E-state index >= 15 is 0 Å². The van der Waals surface area contributed by atoms with Crippen molar-refractivity contribution in [3.63, 3.8) is 0 Å². The molecule has 1 saturated heterocycles. The zero-order chi connectivity index (χ0) is 25.5. The van der Waals surface area contributed by atoms with Crippen LogP contribution in [0.3, 0.4) is 0 Å². The molecule has 9 nitrogen and oxygen atoms in total. The van der Waals surface area contributed by atoms with Gasteiger partial charge in [0.05, 0.1) is 11.8 Å². The molecule has 0 aliphatic carbocycles. The number of nitrogens with zero attached hydrogens (tertiary/aromatic N) is 6. The van der Waals surface area contributed by atoms with Crippen molar-refractivity contribution in [2.24, 2.45) is 0 Å². The SMILES string of the molecule is N#CC(c1ccnc(NCCCC(=O)N2CCN(Cc3ccccc3)CC2)n1)c1nc2ccccc2o1. The van der Waals surface area contributed by atoms with Crippen LogP contribution in [0.5, 0.6) is 0 Å². The van der Waals surface area contributed by atoms with Gasteiger partial charge in [0.2, 0.25) is 17.7 Å². The van der Waals surface area contributed by atoms with Crippen LogP contribution < -0.4 is 5.32 Å². The highest BCUT2D eigenvalue weighted by atomic mass is 16.3. The molecule has 1 amide bonds. The molecule has 1 aliphatic heterocycles. The van der Waals surface area contributed by atoms with Gasteiger partial charge in [0, 0.05) is 51.9 Å². The molecule has 0 saturated carbocycles. The van der Waals surface area contributed by atoms with Crippen LogP contribution in [0.1, 0.15) is 35.9 Å². The molecule has 1 fully saturated rings. The van der Waals surface area contributed by atoms with E-state index in [9.17, 15) is 10.1 Å². The third-order valence-electron chi connectivity index (χ3n) is 6.48. The minimum absolute atomic E-state index is 0.177. The highest BCUT2D eigenvalue weighted by Crippen LogP contribution is 2.26. The van der Waals surface area contributed by atoms with E-state index < -0.39 is 5.92 Å². The molecule has 0 radical (unpaired) electrons. The Balaban J connectivity index is 1.08. The largest absolute Gasteiger partial charge is 0.439 e. The number of anilines is 1. The van der Waals surface area contributed by atoms with E-state index in [1.54, 1.807) is 12.3 Å². The van der Waals surface area contributed by atoms with Crippen molar-refractivity contribution in [2.75, 3.05) is 38.0 Å². The molecule has 188 valence electrons. The molecule has 1 unspecified atom stereocenters. The number of carbonyl (C=O) groups excluding carboxylic acids is 1. The van der Waals surface area contributed by atoms with Crippen molar-refractivity contribution < 1.29 is 9.21 Å². The van der Waals surface area contributed by atoms with Crippen LogP contribution in [0.4, 0.5) is 5.95 Å². The Hall–Kier alpha value is -4.29. The van der Waals surface area contributed by atoms with Crippen LogP contribution in [0.25, 0.3) is 11.1 Å². The summed E-state index contributed by atoms with van der Waals surface area (Å²) in [4.78, 5) is 30.2. The van der Waals surface area contributed by atoms with Crippen LogP contribution in [-0.2, 0) is 11.3 Å². The summed E-state index contributed by atoms with van der Waals surface area (Å²) in [7, 11) is 0. The van der Waals surface area contributed by atoms with Crippen LogP contribution in [0.15, 0.2) is 71.3 Å². The van der Waals surface area contributed by atoms with Crippen molar-refractivity contribution >= 4 is 23.0 Å². The number of oxazole rings is 1. The van der Waals surface area contributed by atoms with Crippen molar-refractivity contribution in [2.45, 2.75) is 25.3 Å². The Kier molecular flexibility index (Phi) is 7.67. The summed E-state index contributed by atoms with van der Waals surface area (Å²) in [5, 5.41) is 12.9. The first-order valence-electron chi connectivity index (χ1n) is 12.6. The summed E-state index contributed by atoms with van der Waals surface area (Å²) in [6, 6.07) is 21.7. The minimum Gasteiger partial charge on any atom is -0.439 e. The Labute approximate surface area is 215 Å². The molecule has 37 heavy (non-hydrogen) atoms. The fraction of sp³-hybridized carbons (Fsp3) is 0.321. The normalized spacial score (nSPS) is 14.8. The maximum atomic E-state index is 12.7. The Morgan fingerprint density at radius 1 is 1.03 bits per heavy atom. The maximum absolute atomic E-state index is 12.7. The second-order valence-electron chi connectivity index (χ2n) is 9.06. The van der Waals surface area contributed by atoms with Gasteiger partial charge in [-0.1, -0.05) is 42.5 Å². The molecule has 1 atom stereocenters. The molecule has 0 bridgehead atoms. The molecule has 1 aliphatic rings. The number of amides is 1. The molecule has 1 N–H and O–H groups in total. The smallest absolute Gasteiger partial charge is 0.222 e. The molecular formula is C28H29N7O2. The first-order valence-corrected chi connectivity index (χ1v) is 12.6. The van der Waals surface area contributed by atoms with Gasteiger partial charge in [-0.15, -0.1) is 0 Å². The number of carbonyl (C=O) groups is 1. The van der Waals surface area contributed by atoms with E-state index in [1.807, 2.05) is 35.2 Å². The van der Waals surface area contributed by atoms with Gasteiger partial charge >= 0.3 is 0 Å².